The van der Waals surface area contributed by atoms with E-state index in [1.165, 1.54) is 0 Å². The van der Waals surface area contributed by atoms with Gasteiger partial charge in [-0.3, -0.25) is 4.79 Å². The number of nitrogens with one attached hydrogen (secondary N) is 1. The standard InChI is InChI=1S/C15H14BrN3O2/c1-9-4-2-3-5-11(9)15(20)18-13-7-6-10(16)8-12(13)14(17)19-21/h2-8,21H,1H3,(H2,17,19)(H,18,20). The molecule has 0 aromatic heterocycles. The van der Waals surface area contributed by atoms with Gasteiger partial charge in [0.1, 0.15) is 0 Å². The highest BCUT2D eigenvalue weighted by Gasteiger charge is 2.13. The number of carbonyl (C=O) groups excluding carboxylic acids is 1. The van der Waals surface area contributed by atoms with Gasteiger partial charge in [-0.05, 0) is 36.8 Å². The largest absolute Gasteiger partial charge is 0.409 e. The highest BCUT2D eigenvalue weighted by atomic mass is 79.9. The fraction of sp³-hybridized carbons (Fsp3) is 0.0667. The maximum atomic E-state index is 12.3. The molecule has 0 aliphatic heterocycles. The molecule has 0 radical (unpaired) electrons. The van der Waals surface area contributed by atoms with Crippen LogP contribution in [0.1, 0.15) is 21.5 Å². The minimum Gasteiger partial charge on any atom is -0.409 e. The zero-order valence-electron chi connectivity index (χ0n) is 11.3. The third-order valence-electron chi connectivity index (χ3n) is 3.00. The molecule has 5 nitrogen and oxygen atoms in total. The number of rotatable bonds is 3. The van der Waals surface area contributed by atoms with Crippen molar-refractivity contribution in [3.05, 3.63) is 63.6 Å². The number of benzene rings is 2. The van der Waals surface area contributed by atoms with Gasteiger partial charge < -0.3 is 16.3 Å². The van der Waals surface area contributed by atoms with Crippen molar-refractivity contribution in [1.82, 2.24) is 0 Å². The SMILES string of the molecule is Cc1ccccc1C(=O)Nc1ccc(Br)cc1/C(N)=N/O. The Labute approximate surface area is 130 Å². The highest BCUT2D eigenvalue weighted by Crippen LogP contribution is 2.22. The van der Waals surface area contributed by atoms with Gasteiger partial charge in [-0.2, -0.15) is 0 Å². The van der Waals surface area contributed by atoms with Crippen molar-refractivity contribution in [3.8, 4) is 0 Å². The summed E-state index contributed by atoms with van der Waals surface area (Å²) in [4.78, 5) is 12.3. The predicted octanol–water partition coefficient (Wildman–Crippen LogP) is 3.10. The second-order valence-corrected chi connectivity index (χ2v) is 5.36. The molecule has 0 fully saturated rings. The molecule has 0 bridgehead atoms. The zero-order chi connectivity index (χ0) is 15.4. The van der Waals surface area contributed by atoms with Crippen molar-refractivity contribution in [2.24, 2.45) is 10.9 Å². The molecule has 2 rings (SSSR count). The first kappa shape index (κ1) is 15.1. The number of anilines is 1. The summed E-state index contributed by atoms with van der Waals surface area (Å²) in [7, 11) is 0. The molecule has 0 unspecified atom stereocenters. The molecular weight excluding hydrogens is 334 g/mol. The maximum absolute atomic E-state index is 12.3. The Bertz CT molecular complexity index is 714. The fourth-order valence-electron chi connectivity index (χ4n) is 1.91. The van der Waals surface area contributed by atoms with Crippen LogP contribution in [0.5, 0.6) is 0 Å². The molecule has 1 amide bonds. The van der Waals surface area contributed by atoms with Crippen LogP contribution in [0.3, 0.4) is 0 Å². The van der Waals surface area contributed by atoms with E-state index in [0.717, 1.165) is 10.0 Å². The summed E-state index contributed by atoms with van der Waals surface area (Å²) in [5.41, 5.74) is 8.00. The van der Waals surface area contributed by atoms with Gasteiger partial charge in [0.15, 0.2) is 5.84 Å². The Morgan fingerprint density at radius 1 is 1.24 bits per heavy atom. The van der Waals surface area contributed by atoms with Gasteiger partial charge in [-0.25, -0.2) is 0 Å². The van der Waals surface area contributed by atoms with E-state index in [9.17, 15) is 4.79 Å². The molecule has 2 aromatic carbocycles. The molecule has 2 aromatic rings. The summed E-state index contributed by atoms with van der Waals surface area (Å²) < 4.78 is 0.762. The normalized spacial score (nSPS) is 11.2. The van der Waals surface area contributed by atoms with Gasteiger partial charge in [0.25, 0.3) is 5.91 Å². The van der Waals surface area contributed by atoms with Gasteiger partial charge in [-0.1, -0.05) is 39.3 Å². The van der Waals surface area contributed by atoms with E-state index in [-0.39, 0.29) is 11.7 Å². The molecule has 0 atom stereocenters. The first-order chi connectivity index (χ1) is 10.0. The van der Waals surface area contributed by atoms with Crippen LogP contribution < -0.4 is 11.1 Å². The van der Waals surface area contributed by atoms with Crippen molar-refractivity contribution < 1.29 is 10.0 Å². The summed E-state index contributed by atoms with van der Waals surface area (Å²) in [6, 6.07) is 12.4. The van der Waals surface area contributed by atoms with Crippen molar-refractivity contribution in [2.75, 3.05) is 5.32 Å². The van der Waals surface area contributed by atoms with Gasteiger partial charge >= 0.3 is 0 Å². The number of nitrogens with two attached hydrogens (primary N) is 1. The van der Waals surface area contributed by atoms with Gasteiger partial charge in [0.2, 0.25) is 0 Å². The smallest absolute Gasteiger partial charge is 0.255 e. The molecule has 0 saturated heterocycles. The lowest BCUT2D eigenvalue weighted by atomic mass is 10.1. The monoisotopic (exact) mass is 347 g/mol. The lowest BCUT2D eigenvalue weighted by Gasteiger charge is -2.12. The number of hydrogen-bond acceptors (Lipinski definition) is 3. The van der Waals surface area contributed by atoms with Crippen LogP contribution in [0.15, 0.2) is 52.1 Å². The number of carbonyl (C=O) groups is 1. The molecule has 0 saturated carbocycles. The Kier molecular flexibility index (Phi) is 4.59. The van der Waals surface area contributed by atoms with E-state index in [1.807, 2.05) is 19.1 Å². The number of amidine groups is 1. The lowest BCUT2D eigenvalue weighted by molar-refractivity contribution is 0.102. The number of nitrogens with zero attached hydrogens (tertiary/aromatic N) is 1. The van der Waals surface area contributed by atoms with E-state index in [0.29, 0.717) is 16.8 Å². The third kappa shape index (κ3) is 3.41. The lowest BCUT2D eigenvalue weighted by Crippen LogP contribution is -2.19. The quantitative estimate of drug-likeness (QED) is 0.345. The summed E-state index contributed by atoms with van der Waals surface area (Å²) in [5, 5.41) is 14.6. The minimum absolute atomic E-state index is 0.0728. The predicted molar refractivity (Wildman–Crippen MR) is 85.8 cm³/mol. The van der Waals surface area contributed by atoms with Crippen molar-refractivity contribution in [1.29, 1.82) is 0 Å². The summed E-state index contributed by atoms with van der Waals surface area (Å²) >= 11 is 3.31. The molecular formula is C15H14BrN3O2. The number of amides is 1. The van der Waals surface area contributed by atoms with E-state index < -0.39 is 0 Å². The van der Waals surface area contributed by atoms with Crippen LogP contribution in [0.2, 0.25) is 0 Å². The van der Waals surface area contributed by atoms with E-state index >= 15 is 0 Å². The van der Waals surface area contributed by atoms with Crippen LogP contribution in [-0.4, -0.2) is 17.0 Å². The summed E-state index contributed by atoms with van der Waals surface area (Å²) in [6.45, 7) is 1.86. The highest BCUT2D eigenvalue weighted by molar-refractivity contribution is 9.10. The maximum Gasteiger partial charge on any atom is 0.255 e. The number of oxime groups is 1. The van der Waals surface area contributed by atoms with E-state index in [4.69, 9.17) is 10.9 Å². The van der Waals surface area contributed by atoms with Crippen molar-refractivity contribution in [2.45, 2.75) is 6.92 Å². The first-order valence-corrected chi connectivity index (χ1v) is 6.96. The Morgan fingerprint density at radius 3 is 2.62 bits per heavy atom. The molecule has 0 heterocycles. The Morgan fingerprint density at radius 2 is 1.95 bits per heavy atom. The van der Waals surface area contributed by atoms with Crippen LogP contribution in [-0.2, 0) is 0 Å². The van der Waals surface area contributed by atoms with Crippen LogP contribution in [0, 0.1) is 6.92 Å². The number of halogens is 1. The second-order valence-electron chi connectivity index (χ2n) is 4.44. The average Bonchev–Trinajstić information content (AvgIpc) is 2.48. The second kappa shape index (κ2) is 6.41. The van der Waals surface area contributed by atoms with Gasteiger partial charge in [0.05, 0.1) is 5.69 Å². The van der Waals surface area contributed by atoms with Crippen LogP contribution >= 0.6 is 15.9 Å². The van der Waals surface area contributed by atoms with Crippen LogP contribution in [0.25, 0.3) is 0 Å². The summed E-state index contributed by atoms with van der Waals surface area (Å²) in [5.74, 6) is -0.321. The molecule has 21 heavy (non-hydrogen) atoms. The minimum atomic E-state index is -0.248. The first-order valence-electron chi connectivity index (χ1n) is 6.17. The Hall–Kier alpha value is -2.34. The van der Waals surface area contributed by atoms with Crippen molar-refractivity contribution in [3.63, 3.8) is 0 Å². The van der Waals surface area contributed by atoms with Gasteiger partial charge in [0, 0.05) is 15.6 Å². The third-order valence-corrected chi connectivity index (χ3v) is 3.50. The molecule has 4 N–H and O–H groups in total. The van der Waals surface area contributed by atoms with Gasteiger partial charge in [-0.15, -0.1) is 0 Å². The molecule has 0 spiro atoms. The molecule has 0 aliphatic rings. The Balaban J connectivity index is 2.36. The van der Waals surface area contributed by atoms with E-state index in [2.05, 4.69) is 26.4 Å². The number of hydrogen-bond donors (Lipinski definition) is 3. The van der Waals surface area contributed by atoms with Crippen LogP contribution in [0.4, 0.5) is 5.69 Å². The average molecular weight is 348 g/mol. The molecule has 0 aliphatic carbocycles. The number of aryl methyl sites for hydroxylation is 1. The van der Waals surface area contributed by atoms with E-state index in [1.54, 1.807) is 30.3 Å². The zero-order valence-corrected chi connectivity index (χ0v) is 12.9. The van der Waals surface area contributed by atoms with Crippen molar-refractivity contribution >= 4 is 33.4 Å². The summed E-state index contributed by atoms with van der Waals surface area (Å²) in [6.07, 6.45) is 0. The topological polar surface area (TPSA) is 87.7 Å². The molecule has 108 valence electrons. The fourth-order valence-corrected chi connectivity index (χ4v) is 2.27. The molecule has 6 heteroatoms.